The second kappa shape index (κ2) is 8.15. The predicted molar refractivity (Wildman–Crippen MR) is 128 cm³/mol. The molecule has 0 saturated heterocycles. The van der Waals surface area contributed by atoms with Gasteiger partial charge in [-0.05, 0) is 56.6 Å². The second-order valence-electron chi connectivity index (χ2n) is 9.89. The number of benzene rings is 1. The van der Waals surface area contributed by atoms with Crippen molar-refractivity contribution < 1.29 is 39.6 Å². The van der Waals surface area contributed by atoms with Gasteiger partial charge >= 0.3 is 0 Å². The smallest absolute Gasteiger partial charge is 0.255 e. The van der Waals surface area contributed by atoms with Gasteiger partial charge in [0.1, 0.15) is 22.8 Å². The van der Waals surface area contributed by atoms with Gasteiger partial charge in [0.05, 0.1) is 11.6 Å². The predicted octanol–water partition coefficient (Wildman–Crippen LogP) is 0.724. The van der Waals surface area contributed by atoms with Crippen molar-refractivity contribution in [3.8, 4) is 11.4 Å². The average Bonchev–Trinajstić information content (AvgIpc) is 3.30. The number of rotatable bonds is 4. The molecule has 0 bridgehead atoms. The van der Waals surface area contributed by atoms with Crippen LogP contribution in [0, 0.1) is 11.8 Å². The number of fused-ring (bicyclic) bond motifs is 3. The molecule has 1 aromatic carbocycles. The molecule has 0 spiro atoms. The number of nitrogens with two attached hydrogens (primary N) is 1. The van der Waals surface area contributed by atoms with Gasteiger partial charge in [-0.15, -0.1) is 0 Å². The summed E-state index contributed by atoms with van der Waals surface area (Å²) in [6, 6.07) is 3.44. The lowest BCUT2D eigenvalue weighted by Crippen LogP contribution is -2.63. The van der Waals surface area contributed by atoms with E-state index in [1.54, 1.807) is 43.2 Å². The fourth-order valence-corrected chi connectivity index (χ4v) is 6.11. The van der Waals surface area contributed by atoms with Crippen molar-refractivity contribution in [3.05, 3.63) is 69.9 Å². The van der Waals surface area contributed by atoms with Crippen molar-refractivity contribution in [1.82, 2.24) is 9.47 Å². The van der Waals surface area contributed by atoms with Crippen LogP contribution in [0.25, 0.3) is 5.69 Å². The minimum Gasteiger partial charge on any atom is -0.510 e. The fraction of sp³-hybridized carbons (Fsp3) is 0.308. The highest BCUT2D eigenvalue weighted by Crippen LogP contribution is 2.52. The van der Waals surface area contributed by atoms with Crippen LogP contribution in [0.3, 0.4) is 0 Å². The van der Waals surface area contributed by atoms with Gasteiger partial charge in [-0.25, -0.2) is 0 Å². The number of aromatic nitrogens is 1. The summed E-state index contributed by atoms with van der Waals surface area (Å²) in [7, 11) is 3.14. The molecule has 1 amide bonds. The normalized spacial score (nSPS) is 27.2. The number of allylic oxidation sites excluding steroid dienone is 1. The molecule has 5 rings (SSSR count). The van der Waals surface area contributed by atoms with Crippen LogP contribution in [-0.4, -0.2) is 79.4 Å². The Hall–Kier alpha value is -4.22. The Morgan fingerprint density at radius 1 is 1.19 bits per heavy atom. The van der Waals surface area contributed by atoms with E-state index in [0.29, 0.717) is 23.1 Å². The summed E-state index contributed by atoms with van der Waals surface area (Å²) in [6.45, 7) is 0. The third-order valence-corrected chi connectivity index (χ3v) is 7.71. The summed E-state index contributed by atoms with van der Waals surface area (Å²) in [6.07, 6.45) is 4.03. The lowest BCUT2D eigenvalue weighted by Gasteiger charge is -2.50. The molecule has 0 fully saturated rings. The summed E-state index contributed by atoms with van der Waals surface area (Å²) in [5.41, 5.74) is 2.89. The van der Waals surface area contributed by atoms with Crippen molar-refractivity contribution >= 4 is 23.8 Å². The highest BCUT2D eigenvalue weighted by molar-refractivity contribution is 6.24. The zero-order chi connectivity index (χ0) is 27.0. The number of aliphatic hydroxyl groups is 3. The van der Waals surface area contributed by atoms with E-state index in [1.165, 1.54) is 11.0 Å². The molecule has 192 valence electrons. The van der Waals surface area contributed by atoms with Gasteiger partial charge in [0.25, 0.3) is 5.91 Å². The van der Waals surface area contributed by atoms with Gasteiger partial charge < -0.3 is 30.7 Å². The molecule has 6 N–H and O–H groups in total. The maximum absolute atomic E-state index is 13.7. The standard InChI is InChI=1S/C26H25N3O8/c1-28(2)20-14-8-12-7-13-15(29-6-5-11(9-29)10-30)3-4-16(31)18(13)21(32)17(12)23(34)26(14,37)24(35)19(22(20)33)25(27)36/h3-6,9-10,12,14,20,31,33-34,37H,7-8H2,1-2H3,(H2,27,36)/t12?,14?,20-,26?/m0/s1. The van der Waals surface area contributed by atoms with Crippen molar-refractivity contribution in [1.29, 1.82) is 0 Å². The highest BCUT2D eigenvalue weighted by Gasteiger charge is 2.63. The van der Waals surface area contributed by atoms with Crippen LogP contribution in [-0.2, 0) is 16.0 Å². The van der Waals surface area contributed by atoms with E-state index in [0.717, 1.165) is 0 Å². The zero-order valence-corrected chi connectivity index (χ0v) is 20.0. The van der Waals surface area contributed by atoms with Gasteiger partial charge in [0.2, 0.25) is 5.78 Å². The number of phenolic OH excluding ortho intramolecular Hbond substituents is 1. The summed E-state index contributed by atoms with van der Waals surface area (Å²) < 4.78 is 1.64. The van der Waals surface area contributed by atoms with E-state index in [1.807, 2.05) is 0 Å². The number of amides is 1. The Bertz CT molecular complexity index is 1470. The number of carbonyl (C=O) groups is 4. The maximum Gasteiger partial charge on any atom is 0.255 e. The molecule has 3 aliphatic rings. The Morgan fingerprint density at radius 2 is 1.89 bits per heavy atom. The van der Waals surface area contributed by atoms with E-state index in [4.69, 9.17) is 5.73 Å². The highest BCUT2D eigenvalue weighted by atomic mass is 16.3. The number of hydrogen-bond acceptors (Lipinski definition) is 9. The zero-order valence-electron chi connectivity index (χ0n) is 20.0. The Labute approximate surface area is 210 Å². The third kappa shape index (κ3) is 3.20. The number of aromatic hydroxyl groups is 1. The average molecular weight is 507 g/mol. The summed E-state index contributed by atoms with van der Waals surface area (Å²) in [4.78, 5) is 51.8. The van der Waals surface area contributed by atoms with E-state index in [2.05, 4.69) is 0 Å². The molecule has 4 atom stereocenters. The van der Waals surface area contributed by atoms with Crippen LogP contribution in [0.4, 0.5) is 0 Å². The van der Waals surface area contributed by atoms with E-state index < -0.39 is 58.0 Å². The van der Waals surface area contributed by atoms with Crippen LogP contribution in [0.2, 0.25) is 0 Å². The number of primary amides is 1. The summed E-state index contributed by atoms with van der Waals surface area (Å²) in [5.74, 6) is -7.01. The Morgan fingerprint density at radius 3 is 2.49 bits per heavy atom. The monoisotopic (exact) mass is 507 g/mol. The first-order valence-corrected chi connectivity index (χ1v) is 11.6. The van der Waals surface area contributed by atoms with Crippen molar-refractivity contribution in [2.45, 2.75) is 24.5 Å². The molecule has 0 aliphatic heterocycles. The molecular formula is C26H25N3O8. The van der Waals surface area contributed by atoms with Crippen LogP contribution >= 0.6 is 0 Å². The number of nitrogens with zero attached hydrogens (tertiary/aromatic N) is 2. The van der Waals surface area contributed by atoms with Crippen LogP contribution < -0.4 is 5.73 Å². The molecule has 0 saturated carbocycles. The van der Waals surface area contributed by atoms with E-state index in [-0.39, 0.29) is 29.7 Å². The molecule has 1 heterocycles. The van der Waals surface area contributed by atoms with Crippen molar-refractivity contribution in [3.63, 3.8) is 0 Å². The minimum atomic E-state index is -2.68. The first kappa shape index (κ1) is 24.5. The molecule has 3 unspecified atom stereocenters. The van der Waals surface area contributed by atoms with Gasteiger partial charge in [-0.2, -0.15) is 0 Å². The molecule has 0 radical (unpaired) electrons. The fourth-order valence-electron chi connectivity index (χ4n) is 6.11. The largest absolute Gasteiger partial charge is 0.510 e. The number of aldehydes is 1. The van der Waals surface area contributed by atoms with E-state index >= 15 is 0 Å². The van der Waals surface area contributed by atoms with Crippen LogP contribution in [0.15, 0.2) is 53.3 Å². The minimum absolute atomic E-state index is 0.00781. The second-order valence-corrected chi connectivity index (χ2v) is 9.89. The molecule has 37 heavy (non-hydrogen) atoms. The number of likely N-dealkylation sites (N-methyl/N-ethyl adjacent to an activating group) is 1. The van der Waals surface area contributed by atoms with E-state index in [9.17, 15) is 39.6 Å². The topological polar surface area (TPSA) is 183 Å². The van der Waals surface area contributed by atoms with Crippen molar-refractivity contribution in [2.75, 3.05) is 14.1 Å². The van der Waals surface area contributed by atoms with Crippen molar-refractivity contribution in [2.24, 2.45) is 17.6 Å². The lowest BCUT2D eigenvalue weighted by atomic mass is 9.58. The summed E-state index contributed by atoms with van der Waals surface area (Å²) >= 11 is 0. The molecule has 11 heteroatoms. The number of hydrogen-bond donors (Lipinski definition) is 5. The SMILES string of the molecule is CN(C)[C@@H]1C(O)=C(C(N)=O)C(=O)C2(O)C(O)=C3C(=O)c4c(O)ccc(-n5ccc(C=O)c5)c4CC3CC12. The lowest BCUT2D eigenvalue weighted by molar-refractivity contribution is -0.148. The molecule has 1 aromatic heterocycles. The third-order valence-electron chi connectivity index (χ3n) is 7.71. The van der Waals surface area contributed by atoms with Gasteiger partial charge in [0, 0.05) is 35.1 Å². The van der Waals surface area contributed by atoms with Gasteiger partial charge in [-0.1, -0.05) is 0 Å². The number of carbonyl (C=O) groups excluding carboxylic acids is 4. The first-order chi connectivity index (χ1) is 17.4. The first-order valence-electron chi connectivity index (χ1n) is 11.6. The molecule has 11 nitrogen and oxygen atoms in total. The van der Waals surface area contributed by atoms with Crippen LogP contribution in [0.5, 0.6) is 5.75 Å². The maximum atomic E-state index is 13.7. The summed E-state index contributed by atoms with van der Waals surface area (Å²) in [5, 5.41) is 44.4. The molecule has 2 aromatic rings. The Kier molecular flexibility index (Phi) is 5.39. The Balaban J connectivity index is 1.72. The number of aliphatic hydroxyl groups excluding tert-OH is 2. The van der Waals surface area contributed by atoms with Gasteiger partial charge in [-0.3, -0.25) is 24.1 Å². The quantitative estimate of drug-likeness (QED) is 0.294. The van der Waals surface area contributed by atoms with Crippen LogP contribution in [0.1, 0.15) is 32.7 Å². The number of ketones is 2. The molecular weight excluding hydrogens is 482 g/mol. The molecule has 3 aliphatic carbocycles. The number of phenols is 1. The van der Waals surface area contributed by atoms with Gasteiger partial charge in [0.15, 0.2) is 17.7 Å². The number of Topliss-reactive ketones (excluding diaryl/α,β-unsaturated/α-hetero) is 2.